The molecule has 5 heteroatoms. The van der Waals surface area contributed by atoms with E-state index in [0.717, 1.165) is 0 Å². The fourth-order valence-corrected chi connectivity index (χ4v) is 2.91. The van der Waals surface area contributed by atoms with E-state index in [2.05, 4.69) is 0 Å². The van der Waals surface area contributed by atoms with Gasteiger partial charge in [0, 0.05) is 6.42 Å². The molecule has 24 heavy (non-hydrogen) atoms. The van der Waals surface area contributed by atoms with Crippen LogP contribution in [0.3, 0.4) is 0 Å². The van der Waals surface area contributed by atoms with Gasteiger partial charge in [-0.05, 0) is 24.6 Å². The molecule has 0 aliphatic heterocycles. The monoisotopic (exact) mass is 324 g/mol. The van der Waals surface area contributed by atoms with Gasteiger partial charge < -0.3 is 14.6 Å². The maximum absolute atomic E-state index is 12.5. The molecule has 3 aromatic rings. The Morgan fingerprint density at radius 1 is 1.08 bits per heavy atom. The quantitative estimate of drug-likeness (QED) is 0.721. The Labute approximate surface area is 137 Å². The summed E-state index contributed by atoms with van der Waals surface area (Å²) in [7, 11) is 0. The van der Waals surface area contributed by atoms with Crippen molar-refractivity contribution in [1.29, 1.82) is 0 Å². The molecular weight excluding hydrogens is 308 g/mol. The first kappa shape index (κ1) is 16.0. The van der Waals surface area contributed by atoms with Crippen LogP contribution in [0.1, 0.15) is 24.5 Å². The molecule has 1 heterocycles. The smallest absolute Gasteiger partial charge is 0.346 e. The summed E-state index contributed by atoms with van der Waals surface area (Å²) in [6.45, 7) is 1.31. The Kier molecular flexibility index (Phi) is 3.95. The van der Waals surface area contributed by atoms with Crippen molar-refractivity contribution in [2.45, 2.75) is 18.9 Å². The molecule has 0 spiro atoms. The molecule has 1 atom stereocenters. The van der Waals surface area contributed by atoms with Crippen LogP contribution in [0.2, 0.25) is 0 Å². The number of aliphatic hydroxyl groups is 1. The summed E-state index contributed by atoms with van der Waals surface area (Å²) in [5.41, 5.74) is -2.64. The third-order valence-corrected chi connectivity index (χ3v) is 3.96. The zero-order valence-corrected chi connectivity index (χ0v) is 13.0. The van der Waals surface area contributed by atoms with Gasteiger partial charge in [-0.25, -0.2) is 4.79 Å². The highest BCUT2D eigenvalue weighted by atomic mass is 16.4. The van der Waals surface area contributed by atoms with Gasteiger partial charge in [0.2, 0.25) is 0 Å². The average molecular weight is 324 g/mol. The standard InChI is InChI=1S/C19H16O5/c1-12(20)11-19(23,13-7-3-2-4-8-13)16-17(21)14-9-5-6-10-15(14)24-18(16)22/h2-10,21,23H,11H2,1H3/t19-/m0/s1. The van der Waals surface area contributed by atoms with Crippen LogP contribution in [0, 0.1) is 0 Å². The van der Waals surface area contributed by atoms with E-state index in [1.807, 2.05) is 0 Å². The molecule has 0 unspecified atom stereocenters. The summed E-state index contributed by atoms with van der Waals surface area (Å²) in [6, 6.07) is 14.8. The molecule has 0 aliphatic carbocycles. The van der Waals surface area contributed by atoms with Gasteiger partial charge in [0.05, 0.1) is 5.39 Å². The van der Waals surface area contributed by atoms with Crippen molar-refractivity contribution in [3.05, 3.63) is 76.1 Å². The minimum absolute atomic E-state index is 0.210. The van der Waals surface area contributed by atoms with Gasteiger partial charge in [-0.2, -0.15) is 0 Å². The molecule has 122 valence electrons. The minimum Gasteiger partial charge on any atom is -0.506 e. The molecule has 0 bridgehead atoms. The first-order valence-corrected chi connectivity index (χ1v) is 7.46. The van der Waals surface area contributed by atoms with E-state index in [0.29, 0.717) is 10.9 Å². The van der Waals surface area contributed by atoms with E-state index in [4.69, 9.17) is 4.42 Å². The molecule has 0 fully saturated rings. The van der Waals surface area contributed by atoms with Gasteiger partial charge in [0.25, 0.3) is 0 Å². The number of carbonyl (C=O) groups is 1. The van der Waals surface area contributed by atoms with Crippen molar-refractivity contribution in [3.63, 3.8) is 0 Å². The number of carbonyl (C=O) groups excluding carboxylic acids is 1. The summed E-state index contributed by atoms with van der Waals surface area (Å²) in [5.74, 6) is -0.706. The second kappa shape index (κ2) is 5.94. The number of para-hydroxylation sites is 1. The summed E-state index contributed by atoms with van der Waals surface area (Å²) in [5, 5.41) is 22.1. The molecule has 3 rings (SSSR count). The molecule has 0 amide bonds. The highest BCUT2D eigenvalue weighted by molar-refractivity contribution is 5.85. The van der Waals surface area contributed by atoms with E-state index in [9.17, 15) is 19.8 Å². The lowest BCUT2D eigenvalue weighted by Crippen LogP contribution is -2.35. The molecule has 0 radical (unpaired) electrons. The summed E-state index contributed by atoms with van der Waals surface area (Å²) in [6.07, 6.45) is -0.353. The fourth-order valence-electron chi connectivity index (χ4n) is 2.91. The lowest BCUT2D eigenvalue weighted by molar-refractivity contribution is -0.120. The number of benzene rings is 2. The van der Waals surface area contributed by atoms with E-state index in [1.165, 1.54) is 6.92 Å². The van der Waals surface area contributed by atoms with Crippen LogP contribution in [0.25, 0.3) is 11.0 Å². The van der Waals surface area contributed by atoms with Crippen LogP contribution in [0.15, 0.2) is 63.8 Å². The van der Waals surface area contributed by atoms with Crippen molar-refractivity contribution >= 4 is 16.8 Å². The third kappa shape index (κ3) is 2.59. The topological polar surface area (TPSA) is 87.7 Å². The second-order valence-corrected chi connectivity index (χ2v) is 5.71. The van der Waals surface area contributed by atoms with Crippen LogP contribution >= 0.6 is 0 Å². The van der Waals surface area contributed by atoms with E-state index >= 15 is 0 Å². The molecule has 2 N–H and O–H groups in total. The number of rotatable bonds is 4. The molecule has 5 nitrogen and oxygen atoms in total. The van der Waals surface area contributed by atoms with Gasteiger partial charge in [-0.1, -0.05) is 42.5 Å². The second-order valence-electron chi connectivity index (χ2n) is 5.71. The average Bonchev–Trinajstić information content (AvgIpc) is 2.55. The third-order valence-electron chi connectivity index (χ3n) is 3.96. The van der Waals surface area contributed by atoms with Gasteiger partial charge in [0.15, 0.2) is 0 Å². The SMILES string of the molecule is CC(=O)C[C@](O)(c1ccccc1)c1c(O)c2ccccc2oc1=O. The number of hydrogen-bond acceptors (Lipinski definition) is 5. The van der Waals surface area contributed by atoms with Crippen LogP contribution < -0.4 is 5.63 Å². The number of aromatic hydroxyl groups is 1. The first-order valence-electron chi connectivity index (χ1n) is 7.46. The molecule has 0 saturated heterocycles. The zero-order chi connectivity index (χ0) is 17.3. The van der Waals surface area contributed by atoms with Gasteiger partial charge in [0.1, 0.15) is 28.3 Å². The van der Waals surface area contributed by atoms with Crippen molar-refractivity contribution in [2.75, 3.05) is 0 Å². The van der Waals surface area contributed by atoms with Crippen LogP contribution in [0.5, 0.6) is 5.75 Å². The van der Waals surface area contributed by atoms with Gasteiger partial charge in [-0.15, -0.1) is 0 Å². The molecular formula is C19H16O5. The van der Waals surface area contributed by atoms with Crippen LogP contribution in [-0.4, -0.2) is 16.0 Å². The van der Waals surface area contributed by atoms with Crippen LogP contribution in [0.4, 0.5) is 0 Å². The highest BCUT2D eigenvalue weighted by Crippen LogP contribution is 2.39. The Morgan fingerprint density at radius 3 is 2.38 bits per heavy atom. The van der Waals surface area contributed by atoms with Gasteiger partial charge in [-0.3, -0.25) is 4.79 Å². The van der Waals surface area contributed by atoms with E-state index in [1.54, 1.807) is 54.6 Å². The normalized spacial score (nSPS) is 13.6. The Balaban J connectivity index is 2.36. The zero-order valence-electron chi connectivity index (χ0n) is 13.0. The van der Waals surface area contributed by atoms with Crippen molar-refractivity contribution in [3.8, 4) is 5.75 Å². The number of fused-ring (bicyclic) bond motifs is 1. The number of ketones is 1. The maximum Gasteiger partial charge on any atom is 0.346 e. The van der Waals surface area contributed by atoms with Crippen molar-refractivity contribution < 1.29 is 19.4 Å². The fraction of sp³-hybridized carbons (Fsp3) is 0.158. The molecule has 1 aromatic heterocycles. The predicted octanol–water partition coefficient (Wildman–Crippen LogP) is 2.71. The molecule has 0 aliphatic rings. The summed E-state index contributed by atoms with van der Waals surface area (Å²) < 4.78 is 5.24. The number of Topliss-reactive ketones (excluding diaryl/α,β-unsaturated/α-hetero) is 1. The number of hydrogen-bond donors (Lipinski definition) is 2. The Morgan fingerprint density at radius 2 is 1.71 bits per heavy atom. The minimum atomic E-state index is -1.97. The van der Waals surface area contributed by atoms with E-state index in [-0.39, 0.29) is 29.1 Å². The molecule has 0 saturated carbocycles. The van der Waals surface area contributed by atoms with Crippen molar-refractivity contribution in [1.82, 2.24) is 0 Å². The molecule has 2 aromatic carbocycles. The Hall–Kier alpha value is -2.92. The maximum atomic E-state index is 12.5. The first-order chi connectivity index (χ1) is 11.4. The van der Waals surface area contributed by atoms with Crippen molar-refractivity contribution in [2.24, 2.45) is 0 Å². The largest absolute Gasteiger partial charge is 0.506 e. The Bertz CT molecular complexity index is 958. The lowest BCUT2D eigenvalue weighted by atomic mass is 9.82. The predicted molar refractivity (Wildman–Crippen MR) is 88.9 cm³/mol. The van der Waals surface area contributed by atoms with Gasteiger partial charge >= 0.3 is 5.63 Å². The lowest BCUT2D eigenvalue weighted by Gasteiger charge is -2.28. The van der Waals surface area contributed by atoms with Crippen LogP contribution in [-0.2, 0) is 10.4 Å². The summed E-state index contributed by atoms with van der Waals surface area (Å²) in [4.78, 5) is 24.2. The van der Waals surface area contributed by atoms with E-state index < -0.39 is 11.2 Å². The highest BCUT2D eigenvalue weighted by Gasteiger charge is 2.39. The summed E-state index contributed by atoms with van der Waals surface area (Å²) >= 11 is 0.